The third-order valence-electron chi connectivity index (χ3n) is 3.69. The molecule has 0 saturated carbocycles. The minimum Gasteiger partial charge on any atom is -0.496 e. The Kier molecular flexibility index (Phi) is 4.49. The molecule has 2 atom stereocenters. The molecule has 1 saturated heterocycles. The van der Waals surface area contributed by atoms with Crippen molar-refractivity contribution in [2.75, 3.05) is 26.7 Å². The molecule has 1 aliphatic rings. The summed E-state index contributed by atoms with van der Waals surface area (Å²) in [5.41, 5.74) is 6.99. The van der Waals surface area contributed by atoms with Crippen LogP contribution in [0.1, 0.15) is 24.9 Å². The largest absolute Gasteiger partial charge is 0.496 e. The van der Waals surface area contributed by atoms with Crippen LogP contribution in [0.3, 0.4) is 0 Å². The summed E-state index contributed by atoms with van der Waals surface area (Å²) in [5, 5.41) is 0.740. The lowest BCUT2D eigenvalue weighted by atomic mass is 10.0. The fourth-order valence-electron chi connectivity index (χ4n) is 2.72. The molecular formula is C14H21ClN2O. The number of hydrogen-bond donors (Lipinski definition) is 1. The van der Waals surface area contributed by atoms with Crippen LogP contribution in [-0.2, 0) is 0 Å². The van der Waals surface area contributed by atoms with Crippen LogP contribution in [0.5, 0.6) is 5.75 Å². The molecule has 100 valence electrons. The van der Waals surface area contributed by atoms with Crippen molar-refractivity contribution in [3.05, 3.63) is 28.8 Å². The first-order valence-electron chi connectivity index (χ1n) is 6.44. The van der Waals surface area contributed by atoms with Gasteiger partial charge < -0.3 is 10.5 Å². The van der Waals surface area contributed by atoms with Gasteiger partial charge in [-0.25, -0.2) is 0 Å². The van der Waals surface area contributed by atoms with Crippen molar-refractivity contribution in [2.45, 2.75) is 19.4 Å². The Hall–Kier alpha value is -0.770. The van der Waals surface area contributed by atoms with E-state index in [1.54, 1.807) is 7.11 Å². The molecule has 0 amide bonds. The van der Waals surface area contributed by atoms with Crippen LogP contribution in [0.2, 0.25) is 5.02 Å². The summed E-state index contributed by atoms with van der Waals surface area (Å²) in [6.45, 7) is 5.00. The van der Waals surface area contributed by atoms with Crippen molar-refractivity contribution in [3.63, 3.8) is 0 Å². The van der Waals surface area contributed by atoms with Gasteiger partial charge in [-0.1, -0.05) is 24.6 Å². The number of likely N-dealkylation sites (tertiary alicyclic amines) is 1. The van der Waals surface area contributed by atoms with E-state index in [1.165, 1.54) is 6.42 Å². The van der Waals surface area contributed by atoms with Gasteiger partial charge in [-0.3, -0.25) is 4.90 Å². The predicted octanol–water partition coefficient (Wildman–Crippen LogP) is 2.69. The van der Waals surface area contributed by atoms with E-state index in [0.29, 0.717) is 6.54 Å². The summed E-state index contributed by atoms with van der Waals surface area (Å²) >= 11 is 6.33. The van der Waals surface area contributed by atoms with E-state index in [0.717, 1.165) is 35.3 Å². The average molecular weight is 269 g/mol. The molecule has 1 aromatic carbocycles. The van der Waals surface area contributed by atoms with Gasteiger partial charge in [-0.05, 0) is 31.0 Å². The Balaban J connectivity index is 2.32. The molecule has 18 heavy (non-hydrogen) atoms. The summed E-state index contributed by atoms with van der Waals surface area (Å²) in [5.74, 6) is 1.56. The minimum absolute atomic E-state index is 0.151. The number of hydrogen-bond acceptors (Lipinski definition) is 3. The van der Waals surface area contributed by atoms with Crippen LogP contribution in [0.4, 0.5) is 0 Å². The van der Waals surface area contributed by atoms with E-state index in [1.807, 2.05) is 18.2 Å². The lowest BCUT2D eigenvalue weighted by Gasteiger charge is -2.29. The van der Waals surface area contributed by atoms with Gasteiger partial charge in [0.2, 0.25) is 0 Å². The zero-order chi connectivity index (χ0) is 13.1. The Morgan fingerprint density at radius 2 is 2.33 bits per heavy atom. The van der Waals surface area contributed by atoms with Crippen molar-refractivity contribution >= 4 is 11.6 Å². The molecule has 0 radical (unpaired) electrons. The van der Waals surface area contributed by atoms with Gasteiger partial charge in [0.25, 0.3) is 0 Å². The predicted molar refractivity (Wildman–Crippen MR) is 75.2 cm³/mol. The highest BCUT2D eigenvalue weighted by molar-refractivity contribution is 6.31. The highest BCUT2D eigenvalue weighted by atomic mass is 35.5. The van der Waals surface area contributed by atoms with Crippen LogP contribution in [0, 0.1) is 5.92 Å². The molecule has 2 N–H and O–H groups in total. The van der Waals surface area contributed by atoms with Gasteiger partial charge in [0.15, 0.2) is 0 Å². The van der Waals surface area contributed by atoms with Crippen LogP contribution in [0.25, 0.3) is 0 Å². The third kappa shape index (κ3) is 2.63. The maximum Gasteiger partial charge on any atom is 0.125 e. The minimum atomic E-state index is 0.151. The standard InChI is InChI=1S/C14H21ClN2O/c1-10-6-7-17(9-10)12(8-16)14-11(15)4-3-5-13(14)18-2/h3-5,10,12H,6-9,16H2,1-2H3. The molecule has 0 bridgehead atoms. The van der Waals surface area contributed by atoms with Crippen LogP contribution in [0.15, 0.2) is 18.2 Å². The lowest BCUT2D eigenvalue weighted by Crippen LogP contribution is -2.32. The molecule has 1 aliphatic heterocycles. The average Bonchev–Trinajstić information content (AvgIpc) is 2.78. The van der Waals surface area contributed by atoms with Crippen molar-refractivity contribution in [2.24, 2.45) is 11.7 Å². The molecule has 0 spiro atoms. The Bertz CT molecular complexity index is 411. The summed E-state index contributed by atoms with van der Waals surface area (Å²) in [7, 11) is 1.68. The van der Waals surface area contributed by atoms with Gasteiger partial charge in [0.1, 0.15) is 5.75 Å². The molecule has 1 heterocycles. The summed E-state index contributed by atoms with van der Waals surface area (Å²) in [4.78, 5) is 2.41. The lowest BCUT2D eigenvalue weighted by molar-refractivity contribution is 0.238. The van der Waals surface area contributed by atoms with Gasteiger partial charge in [0, 0.05) is 23.7 Å². The van der Waals surface area contributed by atoms with Crippen molar-refractivity contribution in [1.29, 1.82) is 0 Å². The zero-order valence-corrected chi connectivity index (χ0v) is 11.8. The summed E-state index contributed by atoms with van der Waals surface area (Å²) in [6.07, 6.45) is 1.23. The zero-order valence-electron chi connectivity index (χ0n) is 11.0. The monoisotopic (exact) mass is 268 g/mol. The molecule has 4 heteroatoms. The van der Waals surface area contributed by atoms with Crippen LogP contribution in [-0.4, -0.2) is 31.6 Å². The van der Waals surface area contributed by atoms with Gasteiger partial charge in [0.05, 0.1) is 13.2 Å². The van der Waals surface area contributed by atoms with E-state index in [9.17, 15) is 0 Å². The Morgan fingerprint density at radius 1 is 1.56 bits per heavy atom. The molecule has 2 rings (SSSR count). The van der Waals surface area contributed by atoms with Gasteiger partial charge >= 0.3 is 0 Å². The molecule has 2 unspecified atom stereocenters. The normalized spacial score (nSPS) is 22.1. The van der Waals surface area contributed by atoms with E-state index >= 15 is 0 Å². The Labute approximate surface area is 114 Å². The van der Waals surface area contributed by atoms with E-state index < -0.39 is 0 Å². The summed E-state index contributed by atoms with van der Waals surface area (Å²) in [6, 6.07) is 5.91. The maximum absolute atomic E-state index is 6.33. The number of methoxy groups -OCH3 is 1. The number of rotatable bonds is 4. The topological polar surface area (TPSA) is 38.5 Å². The van der Waals surface area contributed by atoms with Crippen LogP contribution < -0.4 is 10.5 Å². The Morgan fingerprint density at radius 3 is 2.89 bits per heavy atom. The third-order valence-corrected chi connectivity index (χ3v) is 4.01. The van der Waals surface area contributed by atoms with Crippen molar-refractivity contribution in [1.82, 2.24) is 4.90 Å². The van der Waals surface area contributed by atoms with E-state index in [4.69, 9.17) is 22.1 Å². The van der Waals surface area contributed by atoms with Crippen molar-refractivity contribution in [3.8, 4) is 5.75 Å². The first kappa shape index (κ1) is 13.7. The first-order valence-corrected chi connectivity index (χ1v) is 6.81. The maximum atomic E-state index is 6.33. The first-order chi connectivity index (χ1) is 8.67. The molecule has 3 nitrogen and oxygen atoms in total. The number of benzene rings is 1. The van der Waals surface area contributed by atoms with E-state index in [2.05, 4.69) is 11.8 Å². The second kappa shape index (κ2) is 5.91. The smallest absolute Gasteiger partial charge is 0.125 e. The second-order valence-electron chi connectivity index (χ2n) is 5.00. The highest BCUT2D eigenvalue weighted by Gasteiger charge is 2.29. The molecule has 0 aliphatic carbocycles. The van der Waals surface area contributed by atoms with Gasteiger partial charge in [-0.15, -0.1) is 0 Å². The number of halogens is 1. The molecule has 1 fully saturated rings. The quantitative estimate of drug-likeness (QED) is 0.913. The molecule has 0 aromatic heterocycles. The number of nitrogens with two attached hydrogens (primary N) is 1. The molecular weight excluding hydrogens is 248 g/mol. The SMILES string of the molecule is COc1cccc(Cl)c1C(CN)N1CCC(C)C1. The second-order valence-corrected chi connectivity index (χ2v) is 5.40. The number of ether oxygens (including phenoxy) is 1. The number of nitrogens with zero attached hydrogens (tertiary/aromatic N) is 1. The van der Waals surface area contributed by atoms with E-state index in [-0.39, 0.29) is 6.04 Å². The molecule has 1 aromatic rings. The van der Waals surface area contributed by atoms with Gasteiger partial charge in [-0.2, -0.15) is 0 Å². The fraction of sp³-hybridized carbons (Fsp3) is 0.571. The van der Waals surface area contributed by atoms with Crippen molar-refractivity contribution < 1.29 is 4.74 Å². The fourth-order valence-corrected chi connectivity index (χ4v) is 3.01. The summed E-state index contributed by atoms with van der Waals surface area (Å²) < 4.78 is 5.43. The van der Waals surface area contributed by atoms with Crippen LogP contribution >= 0.6 is 11.6 Å². The highest BCUT2D eigenvalue weighted by Crippen LogP contribution is 2.36.